The number of anilines is 3. The summed E-state index contributed by atoms with van der Waals surface area (Å²) in [4.78, 5) is 7.82. The van der Waals surface area contributed by atoms with Crippen LogP contribution in [-0.4, -0.2) is 18.7 Å². The molecule has 1 aromatic carbocycles. The summed E-state index contributed by atoms with van der Waals surface area (Å²) in [5, 5.41) is 2.99. The van der Waals surface area contributed by atoms with Gasteiger partial charge in [-0.05, 0) is 47.9 Å². The van der Waals surface area contributed by atoms with E-state index in [1.54, 1.807) is 31.5 Å². The van der Waals surface area contributed by atoms with E-state index in [2.05, 4.69) is 31.2 Å². The quantitative estimate of drug-likeness (QED) is 0.525. The molecule has 2 aromatic heterocycles. The third-order valence-corrected chi connectivity index (χ3v) is 4.90. The third kappa shape index (κ3) is 4.70. The van der Waals surface area contributed by atoms with Crippen LogP contribution in [0.4, 0.5) is 26.0 Å². The molecule has 0 radical (unpaired) electrons. The Bertz CT molecular complexity index is 1050. The Hall–Kier alpha value is -2.43. The van der Waals surface area contributed by atoms with Gasteiger partial charge >= 0.3 is 0 Å². The number of rotatable bonds is 6. The Kier molecular flexibility index (Phi) is 6.32. The average Bonchev–Trinajstić information content (AvgIpc) is 2.63. The minimum absolute atomic E-state index is 0.158. The molecule has 3 rings (SSSR count). The van der Waals surface area contributed by atoms with Crippen LogP contribution in [-0.2, 0) is 17.7 Å². The predicted octanol–water partition coefficient (Wildman–Crippen LogP) is 4.37. The topological polar surface area (TPSA) is 90.0 Å². The largest absolute Gasteiger partial charge is 0.755 e. The van der Waals surface area contributed by atoms with E-state index in [9.17, 15) is 17.5 Å². The Morgan fingerprint density at radius 2 is 1.96 bits per heavy atom. The smallest absolute Gasteiger partial charge is 0.173 e. The molecule has 0 spiro atoms. The maximum Gasteiger partial charge on any atom is 0.173 e. The van der Waals surface area contributed by atoms with Gasteiger partial charge < -0.3 is 9.87 Å². The maximum absolute atomic E-state index is 14.5. The molecule has 0 bridgehead atoms. The molecule has 1 unspecified atom stereocenters. The lowest BCUT2D eigenvalue weighted by atomic mass is 10.0. The number of hydrogen-bond donors (Lipinski definition) is 2. The van der Waals surface area contributed by atoms with E-state index in [1.165, 1.54) is 18.3 Å². The summed E-state index contributed by atoms with van der Waals surface area (Å²) in [5.41, 5.74) is 2.56. The Labute approximate surface area is 171 Å². The lowest BCUT2D eigenvalue weighted by Crippen LogP contribution is -2.08. The van der Waals surface area contributed by atoms with Crippen LogP contribution in [0.1, 0.15) is 16.7 Å². The predicted molar refractivity (Wildman–Crippen MR) is 106 cm³/mol. The highest BCUT2D eigenvalue weighted by Gasteiger charge is 2.13. The number of nitrogens with zero attached hydrogens (tertiary/aromatic N) is 2. The molecule has 0 amide bonds. The van der Waals surface area contributed by atoms with Crippen molar-refractivity contribution in [1.82, 2.24) is 9.97 Å². The minimum Gasteiger partial charge on any atom is -0.755 e. The standard InChI is InChI=1S/C18H15BrF2N4O2S/c1-10-12(6-11-4-5-23-18(17(11)21)25-28(26)27)8-22-9-16(10)24-15-3-2-13(19)7-14(15)20/h2-5,7-9,24H,6H2,1H3,(H,23,25)(H,26,27)/p-1. The molecular weight excluding hydrogens is 454 g/mol. The number of hydrogen-bond acceptors (Lipinski definition) is 5. The van der Waals surface area contributed by atoms with E-state index in [4.69, 9.17) is 0 Å². The second-order valence-electron chi connectivity index (χ2n) is 5.87. The van der Waals surface area contributed by atoms with Crippen molar-refractivity contribution in [2.45, 2.75) is 13.3 Å². The van der Waals surface area contributed by atoms with Crippen molar-refractivity contribution < 1.29 is 17.5 Å². The normalized spacial score (nSPS) is 11.9. The first-order valence-electron chi connectivity index (χ1n) is 8.00. The second-order valence-corrected chi connectivity index (χ2v) is 7.46. The van der Waals surface area contributed by atoms with Gasteiger partial charge in [-0.15, -0.1) is 0 Å². The number of nitrogens with one attached hydrogen (secondary N) is 2. The van der Waals surface area contributed by atoms with Crippen molar-refractivity contribution >= 4 is 44.4 Å². The fourth-order valence-electron chi connectivity index (χ4n) is 2.58. The van der Waals surface area contributed by atoms with Gasteiger partial charge in [-0.25, -0.2) is 13.8 Å². The van der Waals surface area contributed by atoms with Crippen LogP contribution >= 0.6 is 15.9 Å². The SMILES string of the molecule is Cc1c(Cc2ccnc(NS(=O)[O-])c2F)cncc1Nc1ccc(Br)cc1F. The van der Waals surface area contributed by atoms with E-state index < -0.39 is 22.9 Å². The Balaban J connectivity index is 1.89. The van der Waals surface area contributed by atoms with Crippen LogP contribution in [0.2, 0.25) is 0 Å². The van der Waals surface area contributed by atoms with Crippen molar-refractivity contribution in [3.05, 3.63) is 75.7 Å². The minimum atomic E-state index is -2.68. The maximum atomic E-state index is 14.5. The Morgan fingerprint density at radius 1 is 1.18 bits per heavy atom. The van der Waals surface area contributed by atoms with Crippen LogP contribution in [0, 0.1) is 18.6 Å². The lowest BCUT2D eigenvalue weighted by Gasteiger charge is -2.15. The van der Waals surface area contributed by atoms with E-state index in [1.807, 2.05) is 4.72 Å². The van der Waals surface area contributed by atoms with Crippen molar-refractivity contribution in [2.75, 3.05) is 10.0 Å². The number of pyridine rings is 2. The van der Waals surface area contributed by atoms with Crippen molar-refractivity contribution in [2.24, 2.45) is 0 Å². The zero-order valence-corrected chi connectivity index (χ0v) is 16.9. The summed E-state index contributed by atoms with van der Waals surface area (Å²) in [6.07, 6.45) is 4.61. The van der Waals surface area contributed by atoms with E-state index in [0.29, 0.717) is 15.7 Å². The number of aromatic nitrogens is 2. The van der Waals surface area contributed by atoms with Gasteiger partial charge in [0.25, 0.3) is 0 Å². The molecule has 6 nitrogen and oxygen atoms in total. The van der Waals surface area contributed by atoms with Gasteiger partial charge in [0.1, 0.15) is 5.82 Å². The van der Waals surface area contributed by atoms with Crippen LogP contribution < -0.4 is 10.0 Å². The van der Waals surface area contributed by atoms with E-state index in [-0.39, 0.29) is 23.5 Å². The first kappa shape index (κ1) is 20.3. The average molecular weight is 468 g/mol. The van der Waals surface area contributed by atoms with E-state index in [0.717, 1.165) is 5.56 Å². The van der Waals surface area contributed by atoms with Crippen LogP contribution in [0.5, 0.6) is 0 Å². The molecule has 0 aliphatic rings. The summed E-state index contributed by atoms with van der Waals surface area (Å²) in [5.74, 6) is -1.56. The molecule has 0 saturated carbocycles. The first-order chi connectivity index (χ1) is 13.3. The summed E-state index contributed by atoms with van der Waals surface area (Å²) in [7, 11) is 0. The third-order valence-electron chi connectivity index (χ3n) is 4.05. The van der Waals surface area contributed by atoms with Gasteiger partial charge in [0.15, 0.2) is 11.6 Å². The zero-order chi connectivity index (χ0) is 20.3. The molecule has 0 saturated heterocycles. The zero-order valence-electron chi connectivity index (χ0n) is 14.5. The molecule has 2 N–H and O–H groups in total. The molecule has 10 heteroatoms. The Morgan fingerprint density at radius 3 is 2.68 bits per heavy atom. The number of halogens is 3. The summed E-state index contributed by atoms with van der Waals surface area (Å²) < 4.78 is 52.6. The highest BCUT2D eigenvalue weighted by Crippen LogP contribution is 2.28. The lowest BCUT2D eigenvalue weighted by molar-refractivity contribution is 0.541. The highest BCUT2D eigenvalue weighted by atomic mass is 79.9. The molecule has 28 heavy (non-hydrogen) atoms. The molecule has 0 aliphatic carbocycles. The van der Waals surface area contributed by atoms with Crippen molar-refractivity contribution in [3.63, 3.8) is 0 Å². The second kappa shape index (κ2) is 8.72. The summed E-state index contributed by atoms with van der Waals surface area (Å²) in [6, 6.07) is 6.10. The molecule has 146 valence electrons. The molecule has 0 fully saturated rings. The van der Waals surface area contributed by atoms with Crippen LogP contribution in [0.3, 0.4) is 0 Å². The summed E-state index contributed by atoms with van der Waals surface area (Å²) in [6.45, 7) is 1.81. The van der Waals surface area contributed by atoms with Crippen LogP contribution in [0.15, 0.2) is 47.3 Å². The van der Waals surface area contributed by atoms with Crippen molar-refractivity contribution in [3.8, 4) is 0 Å². The van der Waals surface area contributed by atoms with Gasteiger partial charge in [-0.3, -0.25) is 13.9 Å². The molecule has 2 heterocycles. The van der Waals surface area contributed by atoms with Crippen LogP contribution in [0.25, 0.3) is 0 Å². The first-order valence-corrected chi connectivity index (χ1v) is 9.87. The van der Waals surface area contributed by atoms with E-state index >= 15 is 0 Å². The fourth-order valence-corrected chi connectivity index (χ4v) is 3.22. The fraction of sp³-hybridized carbons (Fsp3) is 0.111. The van der Waals surface area contributed by atoms with Gasteiger partial charge in [-0.2, -0.15) is 0 Å². The highest BCUT2D eigenvalue weighted by molar-refractivity contribution is 9.10. The van der Waals surface area contributed by atoms with Crippen molar-refractivity contribution in [1.29, 1.82) is 0 Å². The molecular formula is C18H14BrF2N4O2S-. The summed E-state index contributed by atoms with van der Waals surface area (Å²) >= 11 is 0.528. The van der Waals surface area contributed by atoms with Gasteiger partial charge in [-0.1, -0.05) is 15.9 Å². The molecule has 0 aliphatic heterocycles. The molecule has 1 atom stereocenters. The van der Waals surface area contributed by atoms with Gasteiger partial charge in [0.05, 0.1) is 17.6 Å². The number of benzene rings is 1. The molecule has 3 aromatic rings. The van der Waals surface area contributed by atoms with Gasteiger partial charge in [0.2, 0.25) is 0 Å². The monoisotopic (exact) mass is 467 g/mol. The van der Waals surface area contributed by atoms with Gasteiger partial charge in [0, 0.05) is 34.6 Å².